The molecule has 0 aromatic heterocycles. The van der Waals surface area contributed by atoms with Crippen LogP contribution in [0.4, 0.5) is 13.2 Å². The Bertz CT molecular complexity index is 358. The summed E-state index contributed by atoms with van der Waals surface area (Å²) in [5.74, 6) is 0. The molecule has 2 nitrogen and oxygen atoms in total. The number of rotatable bonds is 3. The van der Waals surface area contributed by atoms with Crippen LogP contribution in [0.3, 0.4) is 0 Å². The van der Waals surface area contributed by atoms with Gasteiger partial charge in [0.05, 0.1) is 12.2 Å². The Balaban J connectivity index is 3.17. The fraction of sp³-hybridized carbons (Fsp3) is 0.300. The smallest absolute Gasteiger partial charge is 0.380 e. The summed E-state index contributed by atoms with van der Waals surface area (Å²) < 4.78 is 41.8. The second-order valence-corrected chi connectivity index (χ2v) is 3.01. The summed E-state index contributed by atoms with van der Waals surface area (Å²) in [6, 6.07) is 3.15. The van der Waals surface area contributed by atoms with Crippen molar-refractivity contribution in [3.05, 3.63) is 34.9 Å². The van der Waals surface area contributed by atoms with Crippen molar-refractivity contribution in [1.82, 2.24) is 0 Å². The van der Waals surface area contributed by atoms with Crippen LogP contribution in [-0.2, 0) is 17.5 Å². The van der Waals surface area contributed by atoms with Gasteiger partial charge in [-0.1, -0.05) is 0 Å². The van der Waals surface area contributed by atoms with E-state index in [0.29, 0.717) is 11.8 Å². The SMILES string of the molecule is COCc1cc(C=O)cc(C(F)(F)F)c1. The van der Waals surface area contributed by atoms with Crippen molar-refractivity contribution in [2.45, 2.75) is 12.8 Å². The predicted molar refractivity (Wildman–Crippen MR) is 47.5 cm³/mol. The molecule has 0 aliphatic carbocycles. The first kappa shape index (κ1) is 11.7. The third-order valence-electron chi connectivity index (χ3n) is 1.79. The summed E-state index contributed by atoms with van der Waals surface area (Å²) in [6.07, 6.45) is -4.06. The zero-order valence-electron chi connectivity index (χ0n) is 7.97. The van der Waals surface area contributed by atoms with Crippen LogP contribution in [0.1, 0.15) is 21.5 Å². The number of methoxy groups -OCH3 is 1. The largest absolute Gasteiger partial charge is 0.416 e. The highest BCUT2D eigenvalue weighted by atomic mass is 19.4. The quantitative estimate of drug-likeness (QED) is 0.729. The molecule has 0 heterocycles. The highest BCUT2D eigenvalue weighted by molar-refractivity contribution is 5.75. The highest BCUT2D eigenvalue weighted by Gasteiger charge is 2.31. The van der Waals surface area contributed by atoms with Gasteiger partial charge in [-0.3, -0.25) is 4.79 Å². The van der Waals surface area contributed by atoms with E-state index >= 15 is 0 Å². The maximum Gasteiger partial charge on any atom is 0.416 e. The van der Waals surface area contributed by atoms with Crippen LogP contribution < -0.4 is 0 Å². The van der Waals surface area contributed by atoms with Gasteiger partial charge >= 0.3 is 6.18 Å². The average molecular weight is 218 g/mol. The Hall–Kier alpha value is -1.36. The maximum absolute atomic E-state index is 12.4. The van der Waals surface area contributed by atoms with Gasteiger partial charge in [0.25, 0.3) is 0 Å². The van der Waals surface area contributed by atoms with Crippen molar-refractivity contribution in [2.24, 2.45) is 0 Å². The van der Waals surface area contributed by atoms with Gasteiger partial charge in [-0.25, -0.2) is 0 Å². The molecule has 15 heavy (non-hydrogen) atoms. The van der Waals surface area contributed by atoms with Crippen LogP contribution in [0.5, 0.6) is 0 Å². The van der Waals surface area contributed by atoms with Crippen LogP contribution in [0, 0.1) is 0 Å². The monoisotopic (exact) mass is 218 g/mol. The van der Waals surface area contributed by atoms with E-state index in [1.54, 1.807) is 0 Å². The van der Waals surface area contributed by atoms with Crippen molar-refractivity contribution in [1.29, 1.82) is 0 Å². The van der Waals surface area contributed by atoms with Gasteiger partial charge in [0.2, 0.25) is 0 Å². The lowest BCUT2D eigenvalue weighted by atomic mass is 10.1. The van der Waals surface area contributed by atoms with Crippen LogP contribution in [0.2, 0.25) is 0 Å². The number of carbonyl (C=O) groups is 1. The molecule has 0 N–H and O–H groups in total. The number of halogens is 3. The molecule has 0 spiro atoms. The molecular weight excluding hydrogens is 209 g/mol. The summed E-state index contributed by atoms with van der Waals surface area (Å²) in [5, 5.41) is 0. The Labute approximate surface area is 84.7 Å². The fourth-order valence-electron chi connectivity index (χ4n) is 1.20. The standard InChI is InChI=1S/C10H9F3O2/c1-15-6-8-2-7(5-14)3-9(4-8)10(11,12)13/h2-5H,6H2,1H3. The predicted octanol–water partition coefficient (Wildman–Crippen LogP) is 2.66. The van der Waals surface area contributed by atoms with E-state index in [1.165, 1.54) is 13.2 Å². The van der Waals surface area contributed by atoms with Gasteiger partial charge in [0.1, 0.15) is 6.29 Å². The lowest BCUT2D eigenvalue weighted by Gasteiger charge is -2.09. The maximum atomic E-state index is 12.4. The molecule has 0 aliphatic heterocycles. The van der Waals surface area contributed by atoms with Crippen LogP contribution in [-0.4, -0.2) is 13.4 Å². The van der Waals surface area contributed by atoms with E-state index < -0.39 is 11.7 Å². The third kappa shape index (κ3) is 3.06. The van der Waals surface area contributed by atoms with E-state index in [-0.39, 0.29) is 12.2 Å². The molecule has 1 aromatic carbocycles. The fourth-order valence-corrected chi connectivity index (χ4v) is 1.20. The first-order chi connectivity index (χ1) is 6.97. The van der Waals surface area contributed by atoms with E-state index in [2.05, 4.69) is 0 Å². The molecule has 0 amide bonds. The second kappa shape index (κ2) is 4.44. The molecule has 1 rings (SSSR count). The summed E-state index contributed by atoms with van der Waals surface area (Å²) in [4.78, 5) is 10.4. The summed E-state index contributed by atoms with van der Waals surface area (Å²) in [6.45, 7) is 0.0464. The molecule has 82 valence electrons. The molecule has 0 fully saturated rings. The Kier molecular flexibility index (Phi) is 3.47. The molecule has 0 bridgehead atoms. The lowest BCUT2D eigenvalue weighted by Crippen LogP contribution is -2.07. The topological polar surface area (TPSA) is 26.3 Å². The zero-order valence-corrected chi connectivity index (χ0v) is 7.97. The number of aldehydes is 1. The number of alkyl halides is 3. The molecular formula is C10H9F3O2. The Morgan fingerprint density at radius 1 is 1.33 bits per heavy atom. The number of hydrogen-bond acceptors (Lipinski definition) is 2. The summed E-state index contributed by atoms with van der Waals surface area (Å²) >= 11 is 0. The van der Waals surface area contributed by atoms with Crippen LogP contribution >= 0.6 is 0 Å². The second-order valence-electron chi connectivity index (χ2n) is 3.01. The van der Waals surface area contributed by atoms with Crippen molar-refractivity contribution in [3.63, 3.8) is 0 Å². The van der Waals surface area contributed by atoms with Gasteiger partial charge in [0.15, 0.2) is 0 Å². The van der Waals surface area contributed by atoms with Crippen molar-refractivity contribution in [3.8, 4) is 0 Å². The third-order valence-corrected chi connectivity index (χ3v) is 1.79. The lowest BCUT2D eigenvalue weighted by molar-refractivity contribution is -0.137. The minimum atomic E-state index is -4.44. The number of ether oxygens (including phenoxy) is 1. The van der Waals surface area contributed by atoms with Gasteiger partial charge in [-0.15, -0.1) is 0 Å². The van der Waals surface area contributed by atoms with E-state index in [0.717, 1.165) is 12.1 Å². The number of benzene rings is 1. The Morgan fingerprint density at radius 2 is 2.00 bits per heavy atom. The molecule has 0 aliphatic rings. The first-order valence-corrected chi connectivity index (χ1v) is 4.12. The van der Waals surface area contributed by atoms with Gasteiger partial charge in [-0.2, -0.15) is 13.2 Å². The average Bonchev–Trinajstić information content (AvgIpc) is 2.16. The van der Waals surface area contributed by atoms with E-state index in [1.807, 2.05) is 0 Å². The minimum absolute atomic E-state index is 0.00289. The highest BCUT2D eigenvalue weighted by Crippen LogP contribution is 2.30. The van der Waals surface area contributed by atoms with Crippen molar-refractivity contribution in [2.75, 3.05) is 7.11 Å². The first-order valence-electron chi connectivity index (χ1n) is 4.12. The van der Waals surface area contributed by atoms with Gasteiger partial charge in [-0.05, 0) is 23.8 Å². The minimum Gasteiger partial charge on any atom is -0.380 e. The van der Waals surface area contributed by atoms with Crippen molar-refractivity contribution < 1.29 is 22.7 Å². The number of carbonyl (C=O) groups excluding carboxylic acids is 1. The van der Waals surface area contributed by atoms with Crippen molar-refractivity contribution >= 4 is 6.29 Å². The van der Waals surface area contributed by atoms with Crippen LogP contribution in [0.15, 0.2) is 18.2 Å². The zero-order chi connectivity index (χ0) is 11.5. The molecule has 0 unspecified atom stereocenters. The van der Waals surface area contributed by atoms with Crippen LogP contribution in [0.25, 0.3) is 0 Å². The Morgan fingerprint density at radius 3 is 2.47 bits per heavy atom. The molecule has 0 saturated heterocycles. The number of hydrogen-bond donors (Lipinski definition) is 0. The molecule has 0 atom stereocenters. The molecule has 1 aromatic rings. The molecule has 0 radical (unpaired) electrons. The van der Waals surface area contributed by atoms with Gasteiger partial charge in [0, 0.05) is 12.7 Å². The summed E-state index contributed by atoms with van der Waals surface area (Å²) in [5.41, 5.74) is -0.509. The molecule has 0 saturated carbocycles. The van der Waals surface area contributed by atoms with Gasteiger partial charge < -0.3 is 4.74 Å². The molecule has 5 heteroatoms. The normalized spacial score (nSPS) is 11.5. The van der Waals surface area contributed by atoms with E-state index in [9.17, 15) is 18.0 Å². The van der Waals surface area contributed by atoms with E-state index in [4.69, 9.17) is 4.74 Å². The summed E-state index contributed by atoms with van der Waals surface area (Å²) in [7, 11) is 1.38.